The third kappa shape index (κ3) is 5.93. The molecule has 0 fully saturated rings. The summed E-state index contributed by atoms with van der Waals surface area (Å²) in [6.07, 6.45) is -1.92. The summed E-state index contributed by atoms with van der Waals surface area (Å²) in [6.45, 7) is -0.289. The van der Waals surface area contributed by atoms with Gasteiger partial charge in [-0.2, -0.15) is 5.10 Å². The Morgan fingerprint density at radius 1 is 1.09 bits per heavy atom. The number of aromatic nitrogens is 2. The Morgan fingerprint density at radius 3 is 2.39 bits per heavy atom. The van der Waals surface area contributed by atoms with Gasteiger partial charge in [0.05, 0.1) is 12.6 Å². The van der Waals surface area contributed by atoms with Gasteiger partial charge in [-0.15, -0.1) is 0 Å². The summed E-state index contributed by atoms with van der Waals surface area (Å²) >= 11 is 5.73. The molecule has 0 saturated heterocycles. The second-order valence-corrected chi connectivity index (χ2v) is 7.60. The average molecular weight is 476 g/mol. The number of amides is 1. The number of hydrogen-bond acceptors (Lipinski definition) is 5. The Morgan fingerprint density at radius 2 is 1.79 bits per heavy atom. The molecule has 0 bridgehead atoms. The number of aliphatic carboxylic acids is 1. The number of aromatic carboxylic acids is 1. The van der Waals surface area contributed by atoms with Gasteiger partial charge in [0, 0.05) is 16.7 Å². The summed E-state index contributed by atoms with van der Waals surface area (Å²) in [5.41, 5.74) is 0.0450. The molecule has 0 radical (unpaired) electrons. The maximum atomic E-state index is 14.1. The van der Waals surface area contributed by atoms with Gasteiger partial charge in [0.25, 0.3) is 5.91 Å². The van der Waals surface area contributed by atoms with E-state index < -0.39 is 35.8 Å². The van der Waals surface area contributed by atoms with Crippen LogP contribution >= 0.6 is 11.6 Å². The van der Waals surface area contributed by atoms with Gasteiger partial charge in [0.15, 0.2) is 11.8 Å². The predicted molar refractivity (Wildman–Crippen MR) is 115 cm³/mol. The van der Waals surface area contributed by atoms with Gasteiger partial charge in [-0.3, -0.25) is 9.48 Å². The largest absolute Gasteiger partial charge is 0.479 e. The molecule has 33 heavy (non-hydrogen) atoms. The van der Waals surface area contributed by atoms with Crippen molar-refractivity contribution < 1.29 is 34.1 Å². The van der Waals surface area contributed by atoms with Gasteiger partial charge in [0.2, 0.25) is 0 Å². The number of nitrogens with one attached hydrogen (secondary N) is 1. The lowest BCUT2D eigenvalue weighted by Crippen LogP contribution is -2.48. The molecule has 1 heterocycles. The molecule has 0 spiro atoms. The summed E-state index contributed by atoms with van der Waals surface area (Å²) in [4.78, 5) is 35.7. The predicted octanol–water partition coefficient (Wildman–Crippen LogP) is 2.21. The molecule has 1 aromatic heterocycles. The highest BCUT2D eigenvalue weighted by Gasteiger charge is 2.29. The van der Waals surface area contributed by atoms with Gasteiger partial charge in [-0.1, -0.05) is 48.0 Å². The molecule has 9 nitrogen and oxygen atoms in total. The Labute approximate surface area is 192 Å². The number of carbonyl (C=O) groups excluding carboxylic acids is 1. The van der Waals surface area contributed by atoms with Gasteiger partial charge in [0.1, 0.15) is 11.5 Å². The Hall–Kier alpha value is -3.76. The molecule has 11 heteroatoms. The lowest BCUT2D eigenvalue weighted by Gasteiger charge is -2.21. The fourth-order valence-electron chi connectivity index (χ4n) is 3.16. The fraction of sp³-hybridized carbons (Fsp3) is 0.182. The van der Waals surface area contributed by atoms with E-state index in [0.717, 1.165) is 16.8 Å². The van der Waals surface area contributed by atoms with Crippen molar-refractivity contribution in [1.29, 1.82) is 0 Å². The number of carbonyl (C=O) groups is 3. The standard InChI is InChI=1S/C22H19ClFN3O6/c23-14-7-6-13(15(24)9-14)11-27-18(21(30)31)10-17(26-27)20(29)25-16(19(28)22(32)33)8-12-4-2-1-3-5-12/h1-7,9-10,16,19,28H,8,11H2,(H,25,29)(H,30,31)(H,32,33). The first-order chi connectivity index (χ1) is 15.7. The van der Waals surface area contributed by atoms with Crippen LogP contribution in [0.4, 0.5) is 4.39 Å². The van der Waals surface area contributed by atoms with E-state index in [1.807, 2.05) is 0 Å². The number of hydrogen-bond donors (Lipinski definition) is 4. The van der Waals surface area contributed by atoms with Crippen molar-refractivity contribution >= 4 is 29.4 Å². The maximum Gasteiger partial charge on any atom is 0.354 e. The molecule has 2 aromatic carbocycles. The quantitative estimate of drug-likeness (QED) is 0.371. The summed E-state index contributed by atoms with van der Waals surface area (Å²) in [6, 6.07) is 12.2. The summed E-state index contributed by atoms with van der Waals surface area (Å²) in [5, 5.41) is 35.2. The van der Waals surface area contributed by atoms with Crippen molar-refractivity contribution in [2.75, 3.05) is 0 Å². The minimum atomic E-state index is -1.92. The van der Waals surface area contributed by atoms with E-state index in [-0.39, 0.29) is 34.9 Å². The van der Waals surface area contributed by atoms with Gasteiger partial charge < -0.3 is 20.6 Å². The maximum absolute atomic E-state index is 14.1. The highest BCUT2D eigenvalue weighted by Crippen LogP contribution is 2.17. The summed E-state index contributed by atoms with van der Waals surface area (Å²) in [5.74, 6) is -4.50. The van der Waals surface area contributed by atoms with E-state index in [9.17, 15) is 34.1 Å². The smallest absolute Gasteiger partial charge is 0.354 e. The van der Waals surface area contributed by atoms with Crippen molar-refractivity contribution in [3.63, 3.8) is 0 Å². The molecule has 2 atom stereocenters. The third-order valence-electron chi connectivity index (χ3n) is 4.82. The van der Waals surface area contributed by atoms with Crippen LogP contribution in [0.15, 0.2) is 54.6 Å². The number of halogens is 2. The van der Waals surface area contributed by atoms with E-state index in [2.05, 4.69) is 10.4 Å². The van der Waals surface area contributed by atoms with Crippen molar-refractivity contribution in [1.82, 2.24) is 15.1 Å². The number of aliphatic hydroxyl groups excluding tert-OH is 1. The number of carboxylic acids is 2. The van der Waals surface area contributed by atoms with Gasteiger partial charge in [-0.05, 0) is 24.1 Å². The highest BCUT2D eigenvalue weighted by atomic mass is 35.5. The second-order valence-electron chi connectivity index (χ2n) is 7.17. The Balaban J connectivity index is 1.86. The topological polar surface area (TPSA) is 142 Å². The molecule has 172 valence electrons. The first-order valence-electron chi connectivity index (χ1n) is 9.66. The molecule has 2 unspecified atom stereocenters. The van der Waals surface area contributed by atoms with Crippen LogP contribution in [-0.2, 0) is 17.8 Å². The molecule has 0 aliphatic carbocycles. The Bertz CT molecular complexity index is 1180. The van der Waals surface area contributed by atoms with Crippen molar-refractivity contribution in [3.8, 4) is 0 Å². The van der Waals surface area contributed by atoms with Crippen LogP contribution in [0.5, 0.6) is 0 Å². The summed E-state index contributed by atoms with van der Waals surface area (Å²) < 4.78 is 15.1. The minimum absolute atomic E-state index is 0.00251. The molecular weight excluding hydrogens is 457 g/mol. The zero-order valence-corrected chi connectivity index (χ0v) is 17.7. The first-order valence-corrected chi connectivity index (χ1v) is 10.0. The van der Waals surface area contributed by atoms with Gasteiger partial charge in [-0.25, -0.2) is 14.0 Å². The molecular formula is C22H19ClFN3O6. The van der Waals surface area contributed by atoms with Crippen LogP contribution in [0.1, 0.15) is 32.1 Å². The van der Waals surface area contributed by atoms with E-state index in [4.69, 9.17) is 11.6 Å². The SMILES string of the molecule is O=C(NC(Cc1ccccc1)C(O)C(=O)O)c1cc(C(=O)O)n(Cc2ccc(Cl)cc2F)n1. The van der Waals surface area contributed by atoms with Crippen LogP contribution in [0, 0.1) is 5.82 Å². The normalized spacial score (nSPS) is 12.7. The number of nitrogens with zero attached hydrogens (tertiary/aromatic N) is 2. The number of benzene rings is 2. The van der Waals surface area contributed by atoms with Crippen LogP contribution in [0.3, 0.4) is 0 Å². The molecule has 0 aliphatic rings. The highest BCUT2D eigenvalue weighted by molar-refractivity contribution is 6.30. The van der Waals surface area contributed by atoms with E-state index in [0.29, 0.717) is 5.56 Å². The Kier molecular flexibility index (Phi) is 7.41. The number of rotatable bonds is 9. The van der Waals surface area contributed by atoms with Crippen LogP contribution in [-0.4, -0.2) is 55.1 Å². The monoisotopic (exact) mass is 475 g/mol. The number of aliphatic hydroxyl groups is 1. The van der Waals surface area contributed by atoms with E-state index >= 15 is 0 Å². The van der Waals surface area contributed by atoms with E-state index in [1.54, 1.807) is 30.3 Å². The fourth-order valence-corrected chi connectivity index (χ4v) is 3.31. The van der Waals surface area contributed by atoms with E-state index in [1.165, 1.54) is 12.1 Å². The van der Waals surface area contributed by atoms with Gasteiger partial charge >= 0.3 is 11.9 Å². The average Bonchev–Trinajstić information content (AvgIpc) is 3.20. The lowest BCUT2D eigenvalue weighted by atomic mass is 10.0. The van der Waals surface area contributed by atoms with Crippen LogP contribution in [0.2, 0.25) is 5.02 Å². The molecule has 3 aromatic rings. The molecule has 0 aliphatic heterocycles. The number of carboxylic acid groups (broad SMARTS) is 2. The van der Waals surface area contributed by atoms with Crippen molar-refractivity contribution in [2.24, 2.45) is 0 Å². The van der Waals surface area contributed by atoms with Crippen LogP contribution in [0.25, 0.3) is 0 Å². The summed E-state index contributed by atoms with van der Waals surface area (Å²) in [7, 11) is 0. The molecule has 3 rings (SSSR count). The first kappa shape index (κ1) is 23.9. The minimum Gasteiger partial charge on any atom is -0.479 e. The van der Waals surface area contributed by atoms with Crippen molar-refractivity contribution in [2.45, 2.75) is 25.1 Å². The molecule has 0 saturated carbocycles. The van der Waals surface area contributed by atoms with Crippen molar-refractivity contribution in [3.05, 3.63) is 88.0 Å². The van der Waals surface area contributed by atoms with Crippen LogP contribution < -0.4 is 5.32 Å². The molecule has 4 N–H and O–H groups in total. The zero-order valence-electron chi connectivity index (χ0n) is 17.0. The zero-order chi connectivity index (χ0) is 24.1. The second kappa shape index (κ2) is 10.2. The third-order valence-corrected chi connectivity index (χ3v) is 5.05. The lowest BCUT2D eigenvalue weighted by molar-refractivity contribution is -0.148. The molecule has 1 amide bonds.